The van der Waals surface area contributed by atoms with Gasteiger partial charge in [0.2, 0.25) is 0 Å². The lowest BCUT2D eigenvalue weighted by molar-refractivity contribution is 0.0981. The summed E-state index contributed by atoms with van der Waals surface area (Å²) in [6.07, 6.45) is 4.23. The van der Waals surface area contributed by atoms with E-state index >= 15 is 0 Å². The van der Waals surface area contributed by atoms with Crippen molar-refractivity contribution in [1.82, 2.24) is 4.98 Å². The summed E-state index contributed by atoms with van der Waals surface area (Å²) in [5, 5.41) is 9.71. The van der Waals surface area contributed by atoms with Gasteiger partial charge in [0, 0.05) is 29.1 Å². The number of benzene rings is 1. The van der Waals surface area contributed by atoms with Crippen LogP contribution in [0, 0.1) is 11.3 Å². The fraction of sp³-hybridized carbons (Fsp3) is 0.286. The number of aromatic amines is 1. The largest absolute Gasteiger partial charge is 0.360 e. The zero-order chi connectivity index (χ0) is 12.3. The van der Waals surface area contributed by atoms with E-state index in [2.05, 4.69) is 18.0 Å². The molecule has 0 aliphatic carbocycles. The third-order valence-electron chi connectivity index (χ3n) is 2.87. The molecule has 0 bridgehead atoms. The Kier molecular flexibility index (Phi) is 3.24. The van der Waals surface area contributed by atoms with Gasteiger partial charge in [-0.25, -0.2) is 0 Å². The molecule has 0 aliphatic rings. The van der Waals surface area contributed by atoms with Gasteiger partial charge in [0.25, 0.3) is 0 Å². The molecular weight excluding hydrogens is 212 g/mol. The summed E-state index contributed by atoms with van der Waals surface area (Å²) >= 11 is 0. The number of aromatic nitrogens is 1. The summed E-state index contributed by atoms with van der Waals surface area (Å²) in [5.41, 5.74) is 2.19. The SMILES string of the molecule is CCCCC(=O)c1c[nH]c2ccc(C#N)cc12. The maximum atomic E-state index is 12.0. The van der Waals surface area contributed by atoms with Crippen LogP contribution in [0.4, 0.5) is 0 Å². The molecule has 0 radical (unpaired) electrons. The Morgan fingerprint density at radius 3 is 3.00 bits per heavy atom. The highest BCUT2D eigenvalue weighted by Crippen LogP contribution is 2.21. The molecule has 0 unspecified atom stereocenters. The summed E-state index contributed by atoms with van der Waals surface area (Å²) in [6, 6.07) is 7.45. The van der Waals surface area contributed by atoms with Crippen LogP contribution in [-0.4, -0.2) is 10.8 Å². The predicted molar refractivity (Wildman–Crippen MR) is 66.9 cm³/mol. The number of nitrogens with one attached hydrogen (secondary N) is 1. The first kappa shape index (κ1) is 11.4. The van der Waals surface area contributed by atoms with E-state index in [1.165, 1.54) is 0 Å². The number of fused-ring (bicyclic) bond motifs is 1. The number of nitrogens with zero attached hydrogens (tertiary/aromatic N) is 1. The van der Waals surface area contributed by atoms with Crippen LogP contribution in [0.5, 0.6) is 0 Å². The molecule has 3 nitrogen and oxygen atoms in total. The van der Waals surface area contributed by atoms with Crippen molar-refractivity contribution in [3.8, 4) is 6.07 Å². The van der Waals surface area contributed by atoms with Gasteiger partial charge in [-0.2, -0.15) is 5.26 Å². The fourth-order valence-electron chi connectivity index (χ4n) is 1.89. The quantitative estimate of drug-likeness (QED) is 0.812. The van der Waals surface area contributed by atoms with Gasteiger partial charge in [-0.15, -0.1) is 0 Å². The molecule has 3 heteroatoms. The van der Waals surface area contributed by atoms with E-state index in [9.17, 15) is 4.79 Å². The normalized spacial score (nSPS) is 10.4. The number of hydrogen-bond acceptors (Lipinski definition) is 2. The summed E-state index contributed by atoms with van der Waals surface area (Å²) in [5.74, 6) is 0.146. The highest BCUT2D eigenvalue weighted by molar-refractivity contribution is 6.08. The molecule has 1 aromatic carbocycles. The van der Waals surface area contributed by atoms with Crippen molar-refractivity contribution in [3.05, 3.63) is 35.5 Å². The lowest BCUT2D eigenvalue weighted by Crippen LogP contribution is -1.97. The second kappa shape index (κ2) is 4.84. The molecule has 0 atom stereocenters. The van der Waals surface area contributed by atoms with Crippen LogP contribution < -0.4 is 0 Å². The van der Waals surface area contributed by atoms with Gasteiger partial charge >= 0.3 is 0 Å². The van der Waals surface area contributed by atoms with Gasteiger partial charge in [-0.1, -0.05) is 13.3 Å². The zero-order valence-corrected chi connectivity index (χ0v) is 9.79. The topological polar surface area (TPSA) is 56.6 Å². The molecule has 1 aromatic heterocycles. The Morgan fingerprint density at radius 1 is 1.47 bits per heavy atom. The molecule has 2 aromatic rings. The Balaban J connectivity index is 2.41. The number of carbonyl (C=O) groups excluding carboxylic acids is 1. The van der Waals surface area contributed by atoms with E-state index in [4.69, 9.17) is 5.26 Å². The van der Waals surface area contributed by atoms with Crippen molar-refractivity contribution in [2.75, 3.05) is 0 Å². The van der Waals surface area contributed by atoms with Crippen molar-refractivity contribution in [2.24, 2.45) is 0 Å². The molecule has 0 saturated carbocycles. The minimum atomic E-state index is 0.146. The lowest BCUT2D eigenvalue weighted by Gasteiger charge is -1.98. The lowest BCUT2D eigenvalue weighted by atomic mass is 10.0. The molecule has 1 N–H and O–H groups in total. The van der Waals surface area contributed by atoms with Crippen molar-refractivity contribution >= 4 is 16.7 Å². The molecule has 17 heavy (non-hydrogen) atoms. The number of nitriles is 1. The second-order valence-electron chi connectivity index (χ2n) is 4.10. The number of ketones is 1. The average Bonchev–Trinajstić information content (AvgIpc) is 2.78. The second-order valence-corrected chi connectivity index (χ2v) is 4.10. The third kappa shape index (κ3) is 2.21. The maximum Gasteiger partial charge on any atom is 0.165 e. The summed E-state index contributed by atoms with van der Waals surface area (Å²) < 4.78 is 0. The van der Waals surface area contributed by atoms with Crippen molar-refractivity contribution < 1.29 is 4.79 Å². The zero-order valence-electron chi connectivity index (χ0n) is 9.79. The van der Waals surface area contributed by atoms with Crippen molar-refractivity contribution in [2.45, 2.75) is 26.2 Å². The smallest absolute Gasteiger partial charge is 0.165 e. The molecular formula is C14H14N2O. The first-order valence-corrected chi connectivity index (χ1v) is 5.80. The van der Waals surface area contributed by atoms with Gasteiger partial charge < -0.3 is 4.98 Å². The third-order valence-corrected chi connectivity index (χ3v) is 2.87. The van der Waals surface area contributed by atoms with Gasteiger partial charge in [0.05, 0.1) is 11.6 Å². The Hall–Kier alpha value is -2.08. The number of H-pyrrole nitrogens is 1. The highest BCUT2D eigenvalue weighted by Gasteiger charge is 2.11. The van der Waals surface area contributed by atoms with Crippen LogP contribution in [0.25, 0.3) is 10.9 Å². The monoisotopic (exact) mass is 226 g/mol. The molecule has 0 aliphatic heterocycles. The Bertz CT molecular complexity index is 590. The van der Waals surface area contributed by atoms with Gasteiger partial charge in [-0.05, 0) is 24.6 Å². The Labute approximate surface area is 100 Å². The van der Waals surface area contributed by atoms with Crippen LogP contribution in [-0.2, 0) is 0 Å². The van der Waals surface area contributed by atoms with Gasteiger partial charge in [0.15, 0.2) is 5.78 Å². The fourth-order valence-corrected chi connectivity index (χ4v) is 1.89. The van der Waals surface area contributed by atoms with Crippen LogP contribution in [0.15, 0.2) is 24.4 Å². The van der Waals surface area contributed by atoms with Crippen molar-refractivity contribution in [1.29, 1.82) is 5.26 Å². The number of carbonyl (C=O) groups is 1. The first-order valence-electron chi connectivity index (χ1n) is 5.80. The number of unbranched alkanes of at least 4 members (excludes halogenated alkanes) is 1. The van der Waals surface area contributed by atoms with Gasteiger partial charge in [-0.3, -0.25) is 4.79 Å². The van der Waals surface area contributed by atoms with Gasteiger partial charge in [0.1, 0.15) is 0 Å². The molecule has 86 valence electrons. The minimum Gasteiger partial charge on any atom is -0.360 e. The standard InChI is InChI=1S/C14H14N2O/c1-2-3-4-14(17)12-9-16-13-6-5-10(8-15)7-11(12)13/h5-7,9,16H,2-4H2,1H3. The van der Waals surface area contributed by atoms with Crippen LogP contribution >= 0.6 is 0 Å². The maximum absolute atomic E-state index is 12.0. The van der Waals surface area contributed by atoms with E-state index in [1.807, 2.05) is 6.07 Å². The molecule has 0 saturated heterocycles. The number of rotatable bonds is 4. The highest BCUT2D eigenvalue weighted by atomic mass is 16.1. The van der Waals surface area contributed by atoms with Crippen LogP contribution in [0.2, 0.25) is 0 Å². The molecule has 0 fully saturated rings. The summed E-state index contributed by atoms with van der Waals surface area (Å²) in [7, 11) is 0. The van der Waals surface area contributed by atoms with E-state index in [0.29, 0.717) is 17.5 Å². The minimum absolute atomic E-state index is 0.146. The first-order chi connectivity index (χ1) is 8.26. The average molecular weight is 226 g/mol. The summed E-state index contributed by atoms with van der Waals surface area (Å²) in [4.78, 5) is 15.0. The van der Waals surface area contributed by atoms with Crippen LogP contribution in [0.1, 0.15) is 42.1 Å². The predicted octanol–water partition coefficient (Wildman–Crippen LogP) is 3.41. The molecule has 2 rings (SSSR count). The summed E-state index contributed by atoms with van der Waals surface area (Å²) in [6.45, 7) is 2.07. The van der Waals surface area contributed by atoms with Crippen LogP contribution in [0.3, 0.4) is 0 Å². The Morgan fingerprint density at radius 2 is 2.29 bits per heavy atom. The van der Waals surface area contributed by atoms with E-state index in [0.717, 1.165) is 23.7 Å². The van der Waals surface area contributed by atoms with E-state index in [-0.39, 0.29) is 5.78 Å². The molecule has 0 spiro atoms. The number of Topliss-reactive ketones (excluding diaryl/α,β-unsaturated/α-hetero) is 1. The number of hydrogen-bond donors (Lipinski definition) is 1. The molecule has 0 amide bonds. The van der Waals surface area contributed by atoms with E-state index in [1.54, 1.807) is 18.3 Å². The molecule has 1 heterocycles. The van der Waals surface area contributed by atoms with Crippen molar-refractivity contribution in [3.63, 3.8) is 0 Å². The van der Waals surface area contributed by atoms with E-state index < -0.39 is 0 Å².